The number of aromatic nitrogens is 1. The van der Waals surface area contributed by atoms with Crippen molar-refractivity contribution in [3.05, 3.63) is 35.5 Å². The summed E-state index contributed by atoms with van der Waals surface area (Å²) >= 11 is 0. The van der Waals surface area contributed by atoms with E-state index in [1.54, 1.807) is 18.2 Å². The van der Waals surface area contributed by atoms with Gasteiger partial charge in [-0.1, -0.05) is 18.2 Å². The lowest BCUT2D eigenvalue weighted by Crippen LogP contribution is -2.39. The minimum absolute atomic E-state index is 0.362. The standard InChI is InChI=1S/C14H18N2O2S/c1-10(2)19(17,18)16-8-7-14-12(9-16)11-5-3-4-6-13(11)15-14/h3-6,10,15H,7-9H2,1-2H3. The Labute approximate surface area is 113 Å². The summed E-state index contributed by atoms with van der Waals surface area (Å²) in [5.41, 5.74) is 3.40. The zero-order valence-electron chi connectivity index (χ0n) is 11.2. The number of para-hydroxylation sites is 1. The minimum atomic E-state index is -3.17. The Morgan fingerprint density at radius 1 is 1.26 bits per heavy atom. The van der Waals surface area contributed by atoms with Crippen LogP contribution in [0.15, 0.2) is 24.3 Å². The molecule has 3 rings (SSSR count). The van der Waals surface area contributed by atoms with Crippen molar-refractivity contribution in [3.8, 4) is 0 Å². The molecule has 5 heteroatoms. The highest BCUT2D eigenvalue weighted by Crippen LogP contribution is 2.29. The maximum atomic E-state index is 12.3. The molecule has 1 aromatic heterocycles. The van der Waals surface area contributed by atoms with Gasteiger partial charge in [0.2, 0.25) is 10.0 Å². The molecule has 0 radical (unpaired) electrons. The molecule has 0 atom stereocenters. The van der Waals surface area contributed by atoms with Crippen molar-refractivity contribution >= 4 is 20.9 Å². The molecule has 0 amide bonds. The average molecular weight is 278 g/mol. The predicted octanol–water partition coefficient (Wildman–Crippen LogP) is 2.26. The molecule has 0 saturated carbocycles. The number of hydrogen-bond acceptors (Lipinski definition) is 2. The van der Waals surface area contributed by atoms with Gasteiger partial charge in [-0.05, 0) is 25.5 Å². The molecule has 1 aromatic carbocycles. The van der Waals surface area contributed by atoms with Crippen LogP contribution in [0.4, 0.5) is 0 Å². The van der Waals surface area contributed by atoms with Gasteiger partial charge in [0.25, 0.3) is 0 Å². The van der Waals surface area contributed by atoms with Gasteiger partial charge in [-0.2, -0.15) is 4.31 Å². The number of nitrogens with zero attached hydrogens (tertiary/aromatic N) is 1. The highest BCUT2D eigenvalue weighted by atomic mass is 32.2. The van der Waals surface area contributed by atoms with E-state index in [9.17, 15) is 8.42 Å². The second-order valence-corrected chi connectivity index (χ2v) is 7.79. The first-order chi connectivity index (χ1) is 9.00. The summed E-state index contributed by atoms with van der Waals surface area (Å²) in [6.07, 6.45) is 0.760. The molecule has 1 aliphatic rings. The molecule has 2 aromatic rings. The molecule has 2 heterocycles. The molecule has 102 valence electrons. The topological polar surface area (TPSA) is 53.2 Å². The quantitative estimate of drug-likeness (QED) is 0.916. The number of sulfonamides is 1. The van der Waals surface area contributed by atoms with Gasteiger partial charge < -0.3 is 4.98 Å². The highest BCUT2D eigenvalue weighted by molar-refractivity contribution is 7.89. The van der Waals surface area contributed by atoms with Crippen molar-refractivity contribution in [2.75, 3.05) is 6.54 Å². The van der Waals surface area contributed by atoms with Crippen LogP contribution in [0.3, 0.4) is 0 Å². The van der Waals surface area contributed by atoms with Crippen LogP contribution >= 0.6 is 0 Å². The van der Waals surface area contributed by atoms with Gasteiger partial charge >= 0.3 is 0 Å². The third-order valence-electron chi connectivity index (χ3n) is 3.80. The number of benzene rings is 1. The molecule has 0 unspecified atom stereocenters. The summed E-state index contributed by atoms with van der Waals surface area (Å²) in [6, 6.07) is 8.07. The number of nitrogens with one attached hydrogen (secondary N) is 1. The van der Waals surface area contributed by atoms with Crippen molar-refractivity contribution in [1.29, 1.82) is 0 Å². The number of aromatic amines is 1. The normalized spacial score (nSPS) is 17.0. The van der Waals surface area contributed by atoms with Gasteiger partial charge in [0.1, 0.15) is 0 Å². The number of fused-ring (bicyclic) bond motifs is 3. The molecule has 1 aliphatic heterocycles. The largest absolute Gasteiger partial charge is 0.358 e. The molecule has 0 saturated heterocycles. The van der Waals surface area contributed by atoms with E-state index in [0.29, 0.717) is 13.1 Å². The number of rotatable bonds is 2. The monoisotopic (exact) mass is 278 g/mol. The molecular formula is C14H18N2O2S. The van der Waals surface area contributed by atoms with E-state index in [2.05, 4.69) is 11.1 Å². The van der Waals surface area contributed by atoms with Crippen molar-refractivity contribution in [2.45, 2.75) is 32.1 Å². The van der Waals surface area contributed by atoms with Crippen molar-refractivity contribution in [3.63, 3.8) is 0 Å². The Morgan fingerprint density at radius 2 is 2.00 bits per heavy atom. The number of H-pyrrole nitrogens is 1. The Balaban J connectivity index is 2.04. The van der Waals surface area contributed by atoms with Crippen LogP contribution in [0.1, 0.15) is 25.1 Å². The van der Waals surface area contributed by atoms with Gasteiger partial charge in [0.15, 0.2) is 0 Å². The third kappa shape index (κ3) is 1.97. The molecule has 1 N–H and O–H groups in total. The first kappa shape index (κ1) is 12.7. The lowest BCUT2D eigenvalue weighted by atomic mass is 10.1. The number of hydrogen-bond donors (Lipinski definition) is 1. The summed E-state index contributed by atoms with van der Waals surface area (Å²) in [5, 5.41) is 0.778. The van der Waals surface area contributed by atoms with Crippen LogP contribution < -0.4 is 0 Å². The van der Waals surface area contributed by atoms with Crippen molar-refractivity contribution in [2.24, 2.45) is 0 Å². The van der Waals surface area contributed by atoms with Gasteiger partial charge in [-0.3, -0.25) is 0 Å². The van der Waals surface area contributed by atoms with Crippen LogP contribution in [-0.4, -0.2) is 29.5 Å². The van der Waals surface area contributed by atoms with Gasteiger partial charge in [-0.15, -0.1) is 0 Å². The van der Waals surface area contributed by atoms with Gasteiger partial charge in [0.05, 0.1) is 5.25 Å². The molecule has 0 spiro atoms. The fraction of sp³-hybridized carbons (Fsp3) is 0.429. The average Bonchev–Trinajstić information content (AvgIpc) is 2.76. The molecule has 4 nitrogen and oxygen atoms in total. The van der Waals surface area contributed by atoms with E-state index in [1.807, 2.05) is 18.2 Å². The summed E-state index contributed by atoms with van der Waals surface area (Å²) in [7, 11) is -3.17. The Hall–Kier alpha value is -1.33. The smallest absolute Gasteiger partial charge is 0.216 e. The second kappa shape index (κ2) is 4.35. The molecule has 0 aliphatic carbocycles. The van der Waals surface area contributed by atoms with E-state index in [-0.39, 0.29) is 5.25 Å². The Kier molecular flexibility index (Phi) is 2.91. The van der Waals surface area contributed by atoms with Gasteiger partial charge in [-0.25, -0.2) is 8.42 Å². The summed E-state index contributed by atoms with van der Waals surface area (Å²) in [4.78, 5) is 3.40. The van der Waals surface area contributed by atoms with Crippen LogP contribution in [0.2, 0.25) is 0 Å². The summed E-state index contributed by atoms with van der Waals surface area (Å²) < 4.78 is 26.1. The van der Waals surface area contributed by atoms with Crippen molar-refractivity contribution < 1.29 is 8.42 Å². The zero-order valence-corrected chi connectivity index (χ0v) is 12.0. The predicted molar refractivity (Wildman–Crippen MR) is 76.5 cm³/mol. The van der Waals surface area contributed by atoms with Gasteiger partial charge in [0, 0.05) is 36.1 Å². The SMILES string of the molecule is CC(C)S(=O)(=O)N1CCc2[nH]c3ccccc3c2C1. The van der Waals surface area contributed by atoms with E-state index in [0.717, 1.165) is 22.9 Å². The van der Waals surface area contributed by atoms with Crippen LogP contribution in [0, 0.1) is 0 Å². The first-order valence-electron chi connectivity index (χ1n) is 6.57. The van der Waals surface area contributed by atoms with E-state index < -0.39 is 10.0 Å². The Morgan fingerprint density at radius 3 is 2.74 bits per heavy atom. The lowest BCUT2D eigenvalue weighted by molar-refractivity contribution is 0.387. The minimum Gasteiger partial charge on any atom is -0.358 e. The lowest BCUT2D eigenvalue weighted by Gasteiger charge is -2.28. The molecular weight excluding hydrogens is 260 g/mol. The summed E-state index contributed by atoms with van der Waals surface area (Å²) in [5.74, 6) is 0. The van der Waals surface area contributed by atoms with Crippen LogP contribution in [0.25, 0.3) is 10.9 Å². The zero-order chi connectivity index (χ0) is 13.6. The molecule has 0 fully saturated rings. The fourth-order valence-electron chi connectivity index (χ4n) is 2.66. The van der Waals surface area contributed by atoms with Crippen LogP contribution in [-0.2, 0) is 23.0 Å². The second-order valence-electron chi connectivity index (χ2n) is 5.30. The maximum absolute atomic E-state index is 12.3. The molecule has 0 bridgehead atoms. The summed E-state index contributed by atoms with van der Waals surface area (Å²) in [6.45, 7) is 4.53. The first-order valence-corrected chi connectivity index (χ1v) is 8.08. The molecule has 19 heavy (non-hydrogen) atoms. The van der Waals surface area contributed by atoms with Crippen LogP contribution in [0.5, 0.6) is 0 Å². The maximum Gasteiger partial charge on any atom is 0.216 e. The fourth-order valence-corrected chi connectivity index (χ4v) is 3.91. The van der Waals surface area contributed by atoms with E-state index in [1.165, 1.54) is 5.69 Å². The van der Waals surface area contributed by atoms with E-state index in [4.69, 9.17) is 0 Å². The highest BCUT2D eigenvalue weighted by Gasteiger charge is 2.30. The van der Waals surface area contributed by atoms with E-state index >= 15 is 0 Å². The van der Waals surface area contributed by atoms with Crippen molar-refractivity contribution in [1.82, 2.24) is 9.29 Å². The third-order valence-corrected chi connectivity index (χ3v) is 6.03. The Bertz CT molecular complexity index is 716.